The predicted octanol–water partition coefficient (Wildman–Crippen LogP) is 1.85. The van der Waals surface area contributed by atoms with Crippen LogP contribution in [-0.2, 0) is 0 Å². The van der Waals surface area contributed by atoms with Crippen LogP contribution in [0.2, 0.25) is 0 Å². The van der Waals surface area contributed by atoms with E-state index in [0.717, 1.165) is 38.2 Å². The number of benzene rings is 1. The molecule has 5 heteroatoms. The van der Waals surface area contributed by atoms with Gasteiger partial charge in [0.15, 0.2) is 0 Å². The highest BCUT2D eigenvalue weighted by Gasteiger charge is 2.14. The van der Waals surface area contributed by atoms with Crippen molar-refractivity contribution in [3.63, 3.8) is 0 Å². The maximum Gasteiger partial charge on any atom is 0.251 e. The van der Waals surface area contributed by atoms with Crippen LogP contribution in [0.4, 0.5) is 0 Å². The number of carbonyl (C=O) groups is 1. The Morgan fingerprint density at radius 1 is 1.32 bits per heavy atom. The van der Waals surface area contributed by atoms with Gasteiger partial charge < -0.3 is 15.4 Å². The van der Waals surface area contributed by atoms with E-state index < -0.39 is 0 Å². The summed E-state index contributed by atoms with van der Waals surface area (Å²) in [6.45, 7) is 2.89. The van der Waals surface area contributed by atoms with Crippen LogP contribution in [-0.4, -0.2) is 32.7 Å². The van der Waals surface area contributed by atoms with Crippen LogP contribution >= 0.6 is 12.4 Å². The van der Waals surface area contributed by atoms with Crippen LogP contribution in [0.15, 0.2) is 24.3 Å². The van der Waals surface area contributed by atoms with Crippen LogP contribution < -0.4 is 15.4 Å². The number of piperidine rings is 1. The fourth-order valence-corrected chi connectivity index (χ4v) is 2.17. The Morgan fingerprint density at radius 2 is 1.95 bits per heavy atom. The molecule has 1 saturated heterocycles. The first-order valence-electron chi connectivity index (χ1n) is 6.42. The molecule has 0 radical (unpaired) electrons. The summed E-state index contributed by atoms with van der Waals surface area (Å²) in [6, 6.07) is 7.19. The van der Waals surface area contributed by atoms with E-state index in [9.17, 15) is 4.79 Å². The molecule has 0 spiro atoms. The minimum Gasteiger partial charge on any atom is -0.497 e. The second-order valence-corrected chi connectivity index (χ2v) is 4.63. The molecule has 0 aromatic heterocycles. The molecule has 1 aliphatic heterocycles. The van der Waals surface area contributed by atoms with E-state index in [4.69, 9.17) is 4.74 Å². The van der Waals surface area contributed by atoms with E-state index in [2.05, 4.69) is 10.6 Å². The van der Waals surface area contributed by atoms with Crippen molar-refractivity contribution < 1.29 is 9.53 Å². The number of methoxy groups -OCH3 is 1. The SMILES string of the molecule is COc1ccc(C(=O)NCC2CCNCC2)cc1.Cl. The van der Waals surface area contributed by atoms with E-state index in [0.29, 0.717) is 11.5 Å². The summed E-state index contributed by atoms with van der Waals surface area (Å²) in [6.07, 6.45) is 2.28. The van der Waals surface area contributed by atoms with Crippen molar-refractivity contribution in [1.82, 2.24) is 10.6 Å². The molecule has 1 aromatic carbocycles. The number of nitrogens with one attached hydrogen (secondary N) is 2. The van der Waals surface area contributed by atoms with Gasteiger partial charge in [-0.05, 0) is 56.1 Å². The van der Waals surface area contributed by atoms with Crippen molar-refractivity contribution in [3.05, 3.63) is 29.8 Å². The monoisotopic (exact) mass is 284 g/mol. The third-order valence-electron chi connectivity index (χ3n) is 3.36. The molecule has 0 atom stereocenters. The lowest BCUT2D eigenvalue weighted by atomic mass is 9.98. The Morgan fingerprint density at radius 3 is 2.53 bits per heavy atom. The zero-order chi connectivity index (χ0) is 12.8. The zero-order valence-corrected chi connectivity index (χ0v) is 12.0. The molecule has 1 amide bonds. The molecule has 1 aliphatic rings. The molecule has 1 heterocycles. The molecule has 2 N–H and O–H groups in total. The minimum absolute atomic E-state index is 0. The molecule has 19 heavy (non-hydrogen) atoms. The van der Waals surface area contributed by atoms with Gasteiger partial charge in [0, 0.05) is 12.1 Å². The maximum absolute atomic E-state index is 11.9. The Bertz CT molecular complexity index is 389. The smallest absolute Gasteiger partial charge is 0.251 e. The molecule has 0 aliphatic carbocycles. The van der Waals surface area contributed by atoms with Crippen molar-refractivity contribution in [1.29, 1.82) is 0 Å². The zero-order valence-electron chi connectivity index (χ0n) is 11.1. The van der Waals surface area contributed by atoms with Crippen molar-refractivity contribution >= 4 is 18.3 Å². The maximum atomic E-state index is 11.9. The van der Waals surface area contributed by atoms with E-state index in [-0.39, 0.29) is 18.3 Å². The fourth-order valence-electron chi connectivity index (χ4n) is 2.17. The number of carbonyl (C=O) groups excluding carboxylic acids is 1. The van der Waals surface area contributed by atoms with Crippen LogP contribution in [0.25, 0.3) is 0 Å². The average Bonchev–Trinajstić information content (AvgIpc) is 2.46. The molecular weight excluding hydrogens is 264 g/mol. The first-order valence-corrected chi connectivity index (χ1v) is 6.42. The lowest BCUT2D eigenvalue weighted by Crippen LogP contribution is -2.35. The van der Waals surface area contributed by atoms with Crippen LogP contribution in [0.5, 0.6) is 5.75 Å². The van der Waals surface area contributed by atoms with Gasteiger partial charge in [-0.15, -0.1) is 12.4 Å². The Kier molecular flexibility index (Phi) is 6.67. The molecule has 4 nitrogen and oxygen atoms in total. The summed E-state index contributed by atoms with van der Waals surface area (Å²) in [7, 11) is 1.62. The van der Waals surface area contributed by atoms with E-state index in [1.165, 1.54) is 0 Å². The number of hydrogen-bond acceptors (Lipinski definition) is 3. The van der Waals surface area contributed by atoms with Gasteiger partial charge in [0.2, 0.25) is 0 Å². The van der Waals surface area contributed by atoms with E-state index in [1.807, 2.05) is 0 Å². The van der Waals surface area contributed by atoms with Crippen molar-refractivity contribution in [2.75, 3.05) is 26.7 Å². The first kappa shape index (κ1) is 15.8. The highest BCUT2D eigenvalue weighted by atomic mass is 35.5. The topological polar surface area (TPSA) is 50.4 Å². The third-order valence-corrected chi connectivity index (χ3v) is 3.36. The fraction of sp³-hybridized carbons (Fsp3) is 0.500. The number of ether oxygens (including phenoxy) is 1. The summed E-state index contributed by atoms with van der Waals surface area (Å²) in [5.74, 6) is 1.37. The average molecular weight is 285 g/mol. The molecule has 2 rings (SSSR count). The van der Waals surface area contributed by atoms with Gasteiger partial charge in [-0.3, -0.25) is 4.79 Å². The molecule has 0 bridgehead atoms. The molecule has 0 unspecified atom stereocenters. The lowest BCUT2D eigenvalue weighted by Gasteiger charge is -2.22. The Hall–Kier alpha value is -1.26. The summed E-state index contributed by atoms with van der Waals surface area (Å²) < 4.78 is 5.07. The number of hydrogen-bond donors (Lipinski definition) is 2. The van der Waals surface area contributed by atoms with Crippen LogP contribution in [0, 0.1) is 5.92 Å². The van der Waals surface area contributed by atoms with E-state index in [1.54, 1.807) is 31.4 Å². The van der Waals surface area contributed by atoms with E-state index >= 15 is 0 Å². The highest BCUT2D eigenvalue weighted by Crippen LogP contribution is 2.12. The predicted molar refractivity (Wildman–Crippen MR) is 78.2 cm³/mol. The van der Waals surface area contributed by atoms with Gasteiger partial charge in [-0.25, -0.2) is 0 Å². The van der Waals surface area contributed by atoms with Gasteiger partial charge in [0.25, 0.3) is 5.91 Å². The molecule has 0 saturated carbocycles. The van der Waals surface area contributed by atoms with Crippen molar-refractivity contribution in [2.45, 2.75) is 12.8 Å². The quantitative estimate of drug-likeness (QED) is 0.887. The molecular formula is C14H21ClN2O2. The van der Waals surface area contributed by atoms with Gasteiger partial charge in [0.1, 0.15) is 5.75 Å². The number of amides is 1. The second-order valence-electron chi connectivity index (χ2n) is 4.63. The largest absolute Gasteiger partial charge is 0.497 e. The van der Waals surface area contributed by atoms with Gasteiger partial charge >= 0.3 is 0 Å². The van der Waals surface area contributed by atoms with Gasteiger partial charge in [-0.2, -0.15) is 0 Å². The lowest BCUT2D eigenvalue weighted by molar-refractivity contribution is 0.0944. The highest BCUT2D eigenvalue weighted by molar-refractivity contribution is 5.94. The Labute approximate surface area is 120 Å². The van der Waals surface area contributed by atoms with Gasteiger partial charge in [0.05, 0.1) is 7.11 Å². The number of halogens is 1. The second kappa shape index (κ2) is 8.02. The third kappa shape index (κ3) is 4.73. The van der Waals surface area contributed by atoms with Crippen molar-refractivity contribution in [2.24, 2.45) is 5.92 Å². The molecule has 1 aromatic rings. The molecule has 106 valence electrons. The minimum atomic E-state index is -0.00353. The summed E-state index contributed by atoms with van der Waals surface area (Å²) in [4.78, 5) is 11.9. The summed E-state index contributed by atoms with van der Waals surface area (Å²) in [5.41, 5.74) is 0.685. The molecule has 1 fully saturated rings. The summed E-state index contributed by atoms with van der Waals surface area (Å²) in [5, 5.41) is 6.32. The normalized spacial score (nSPS) is 15.4. The van der Waals surface area contributed by atoms with Gasteiger partial charge in [-0.1, -0.05) is 0 Å². The van der Waals surface area contributed by atoms with Crippen LogP contribution in [0.1, 0.15) is 23.2 Å². The van der Waals surface area contributed by atoms with Crippen LogP contribution in [0.3, 0.4) is 0 Å². The Balaban J connectivity index is 0.00000180. The van der Waals surface area contributed by atoms with Crippen molar-refractivity contribution in [3.8, 4) is 5.75 Å². The number of rotatable bonds is 4. The standard InChI is InChI=1S/C14H20N2O2.ClH/c1-18-13-4-2-12(3-5-13)14(17)16-10-11-6-8-15-9-7-11;/h2-5,11,15H,6-10H2,1H3,(H,16,17);1H. The summed E-state index contributed by atoms with van der Waals surface area (Å²) >= 11 is 0. The first-order chi connectivity index (χ1) is 8.79.